The molecule has 0 bridgehead atoms. The highest BCUT2D eigenvalue weighted by Gasteiger charge is 2.11. The van der Waals surface area contributed by atoms with Crippen molar-refractivity contribution in [3.05, 3.63) is 82.9 Å². The number of hydrogen-bond donors (Lipinski definition) is 3. The standard InChI is InChI=1S/C23H26FN5O/c1-27-23(20(13-25)14-26)28-12-11-22(17-30-16-19-5-3-2-4-6-19)29-15-18-7-9-21(24)10-8-18/h2-10,22,27-29H,11-12,15-17H2,1H3. The van der Waals surface area contributed by atoms with E-state index in [0.29, 0.717) is 38.5 Å². The third kappa shape index (κ3) is 7.92. The van der Waals surface area contributed by atoms with Gasteiger partial charge in [0.2, 0.25) is 0 Å². The zero-order chi connectivity index (χ0) is 21.6. The first kappa shape index (κ1) is 22.9. The SMILES string of the molecule is CNC(NCCC(COCc1ccccc1)NCc1ccc(F)cc1)=C(C#N)C#N. The van der Waals surface area contributed by atoms with Gasteiger partial charge in [-0.15, -0.1) is 0 Å². The summed E-state index contributed by atoms with van der Waals surface area (Å²) in [6.07, 6.45) is 0.700. The van der Waals surface area contributed by atoms with E-state index in [0.717, 1.165) is 11.1 Å². The predicted molar refractivity (Wildman–Crippen MR) is 113 cm³/mol. The molecule has 0 spiro atoms. The van der Waals surface area contributed by atoms with Crippen molar-refractivity contribution in [1.82, 2.24) is 16.0 Å². The highest BCUT2D eigenvalue weighted by molar-refractivity contribution is 5.38. The summed E-state index contributed by atoms with van der Waals surface area (Å²) in [6.45, 7) is 2.12. The van der Waals surface area contributed by atoms with Gasteiger partial charge in [0.05, 0.1) is 13.2 Å². The molecule has 156 valence electrons. The molecule has 1 atom stereocenters. The van der Waals surface area contributed by atoms with Crippen LogP contribution in [0.3, 0.4) is 0 Å². The minimum atomic E-state index is -0.261. The number of ether oxygens (including phenoxy) is 1. The molecule has 30 heavy (non-hydrogen) atoms. The van der Waals surface area contributed by atoms with Crippen molar-refractivity contribution in [2.75, 3.05) is 20.2 Å². The number of benzene rings is 2. The fourth-order valence-corrected chi connectivity index (χ4v) is 2.81. The van der Waals surface area contributed by atoms with Crippen molar-refractivity contribution < 1.29 is 9.13 Å². The highest BCUT2D eigenvalue weighted by atomic mass is 19.1. The van der Waals surface area contributed by atoms with Gasteiger partial charge < -0.3 is 20.7 Å². The molecule has 0 aliphatic rings. The Labute approximate surface area is 177 Å². The summed E-state index contributed by atoms with van der Waals surface area (Å²) in [5.74, 6) is 0.144. The molecule has 0 fully saturated rings. The van der Waals surface area contributed by atoms with Gasteiger partial charge in [-0.25, -0.2) is 4.39 Å². The monoisotopic (exact) mass is 407 g/mol. The molecular formula is C23H26FN5O. The minimum Gasteiger partial charge on any atom is -0.375 e. The van der Waals surface area contributed by atoms with Gasteiger partial charge >= 0.3 is 0 Å². The molecule has 0 radical (unpaired) electrons. The third-order valence-electron chi connectivity index (χ3n) is 4.46. The van der Waals surface area contributed by atoms with Gasteiger partial charge in [0, 0.05) is 26.2 Å². The molecular weight excluding hydrogens is 381 g/mol. The first-order chi connectivity index (χ1) is 14.7. The molecule has 6 nitrogen and oxygen atoms in total. The first-order valence-corrected chi connectivity index (χ1v) is 9.71. The van der Waals surface area contributed by atoms with Crippen molar-refractivity contribution in [3.8, 4) is 12.1 Å². The Bertz CT molecular complexity index is 869. The second kappa shape index (κ2) is 12.9. The second-order valence-electron chi connectivity index (χ2n) is 6.64. The summed E-state index contributed by atoms with van der Waals surface area (Å²) in [5, 5.41) is 27.4. The third-order valence-corrected chi connectivity index (χ3v) is 4.46. The van der Waals surface area contributed by atoms with Crippen LogP contribution in [0.4, 0.5) is 4.39 Å². The summed E-state index contributed by atoms with van der Waals surface area (Å²) < 4.78 is 19.0. The number of nitriles is 2. The largest absolute Gasteiger partial charge is 0.375 e. The van der Waals surface area contributed by atoms with Crippen LogP contribution in [-0.2, 0) is 17.9 Å². The molecule has 3 N–H and O–H groups in total. The Hall–Kier alpha value is -3.39. The number of halogens is 1. The van der Waals surface area contributed by atoms with E-state index in [1.165, 1.54) is 12.1 Å². The van der Waals surface area contributed by atoms with Gasteiger partial charge in [-0.1, -0.05) is 42.5 Å². The maximum Gasteiger partial charge on any atom is 0.169 e. The molecule has 2 aromatic carbocycles. The lowest BCUT2D eigenvalue weighted by atomic mass is 10.1. The van der Waals surface area contributed by atoms with E-state index < -0.39 is 0 Å². The predicted octanol–water partition coefficient (Wildman–Crippen LogP) is 2.96. The van der Waals surface area contributed by atoms with E-state index in [4.69, 9.17) is 15.3 Å². The maximum absolute atomic E-state index is 13.1. The van der Waals surface area contributed by atoms with Crippen molar-refractivity contribution in [3.63, 3.8) is 0 Å². The Kier molecular flexibility index (Phi) is 9.88. The smallest absolute Gasteiger partial charge is 0.169 e. The fraction of sp³-hybridized carbons (Fsp3) is 0.304. The molecule has 0 amide bonds. The topological polar surface area (TPSA) is 92.9 Å². The van der Waals surface area contributed by atoms with Crippen molar-refractivity contribution in [1.29, 1.82) is 10.5 Å². The van der Waals surface area contributed by atoms with Gasteiger partial charge in [0.1, 0.15) is 23.8 Å². The summed E-state index contributed by atoms with van der Waals surface area (Å²) in [7, 11) is 1.66. The van der Waals surface area contributed by atoms with Crippen LogP contribution in [0.2, 0.25) is 0 Å². The van der Waals surface area contributed by atoms with Crippen molar-refractivity contribution in [2.24, 2.45) is 0 Å². The van der Waals surface area contributed by atoms with Gasteiger partial charge in [-0.05, 0) is 29.7 Å². The normalized spacial score (nSPS) is 11.1. The van der Waals surface area contributed by atoms with Crippen LogP contribution in [0.1, 0.15) is 17.5 Å². The summed E-state index contributed by atoms with van der Waals surface area (Å²) >= 11 is 0. The molecule has 1 unspecified atom stereocenters. The van der Waals surface area contributed by atoms with E-state index in [1.54, 1.807) is 19.2 Å². The zero-order valence-electron chi connectivity index (χ0n) is 17.0. The van der Waals surface area contributed by atoms with Crippen LogP contribution in [-0.4, -0.2) is 26.2 Å². The lowest BCUT2D eigenvalue weighted by Crippen LogP contribution is -2.37. The van der Waals surface area contributed by atoms with E-state index in [9.17, 15) is 4.39 Å². The molecule has 7 heteroatoms. The number of hydrogen-bond acceptors (Lipinski definition) is 6. The van der Waals surface area contributed by atoms with Crippen LogP contribution < -0.4 is 16.0 Å². The Balaban J connectivity index is 1.91. The second-order valence-corrected chi connectivity index (χ2v) is 6.64. The number of nitrogens with one attached hydrogen (secondary N) is 3. The number of rotatable bonds is 12. The maximum atomic E-state index is 13.1. The Morgan fingerprint density at radius 2 is 1.73 bits per heavy atom. The minimum absolute atomic E-state index is 0.00801. The molecule has 0 saturated heterocycles. The quantitative estimate of drug-likeness (QED) is 0.469. The fourth-order valence-electron chi connectivity index (χ4n) is 2.81. The van der Waals surface area contributed by atoms with Gasteiger partial charge in [0.25, 0.3) is 0 Å². The molecule has 0 saturated carbocycles. The van der Waals surface area contributed by atoms with Gasteiger partial charge in [-0.3, -0.25) is 0 Å². The lowest BCUT2D eigenvalue weighted by Gasteiger charge is -2.20. The molecule has 2 aromatic rings. The molecule has 2 rings (SSSR count). The summed E-state index contributed by atoms with van der Waals surface area (Å²) in [6, 6.07) is 20.1. The Morgan fingerprint density at radius 3 is 2.37 bits per heavy atom. The van der Waals surface area contributed by atoms with Crippen LogP contribution in [0, 0.1) is 28.5 Å². The van der Waals surface area contributed by atoms with Gasteiger partial charge in [-0.2, -0.15) is 10.5 Å². The molecule has 0 heterocycles. The van der Waals surface area contributed by atoms with Crippen LogP contribution in [0.5, 0.6) is 0 Å². The van der Waals surface area contributed by atoms with Crippen LogP contribution in [0.15, 0.2) is 66.0 Å². The molecule has 0 aromatic heterocycles. The van der Waals surface area contributed by atoms with Crippen LogP contribution in [0.25, 0.3) is 0 Å². The molecule has 0 aliphatic carbocycles. The Morgan fingerprint density at radius 1 is 1.03 bits per heavy atom. The van der Waals surface area contributed by atoms with E-state index in [-0.39, 0.29) is 17.4 Å². The van der Waals surface area contributed by atoms with E-state index in [2.05, 4.69) is 16.0 Å². The van der Waals surface area contributed by atoms with Crippen molar-refractivity contribution in [2.45, 2.75) is 25.6 Å². The first-order valence-electron chi connectivity index (χ1n) is 9.71. The average Bonchev–Trinajstić information content (AvgIpc) is 2.78. The van der Waals surface area contributed by atoms with Crippen molar-refractivity contribution >= 4 is 0 Å². The van der Waals surface area contributed by atoms with Crippen LogP contribution >= 0.6 is 0 Å². The lowest BCUT2D eigenvalue weighted by molar-refractivity contribution is 0.0958. The van der Waals surface area contributed by atoms with E-state index >= 15 is 0 Å². The molecule has 0 aliphatic heterocycles. The zero-order valence-corrected chi connectivity index (χ0v) is 17.0. The summed E-state index contributed by atoms with van der Waals surface area (Å²) in [4.78, 5) is 0. The highest BCUT2D eigenvalue weighted by Crippen LogP contribution is 2.06. The van der Waals surface area contributed by atoms with Gasteiger partial charge in [0.15, 0.2) is 5.57 Å². The van der Waals surface area contributed by atoms with E-state index in [1.807, 2.05) is 42.5 Å². The summed E-state index contributed by atoms with van der Waals surface area (Å²) in [5.41, 5.74) is 2.08. The average molecular weight is 407 g/mol. The number of nitrogens with zero attached hydrogens (tertiary/aromatic N) is 2. The number of allylic oxidation sites excluding steroid dienone is 1.